The Bertz CT molecular complexity index is 408. The Morgan fingerprint density at radius 1 is 1.50 bits per heavy atom. The molecule has 1 aliphatic carbocycles. The number of rotatable bonds is 5. The van der Waals surface area contributed by atoms with E-state index in [1.54, 1.807) is 11.3 Å². The molecular weight excluding hydrogens is 272 g/mol. The number of hydrogen-bond acceptors (Lipinski definition) is 3. The molecule has 5 heteroatoms. The Kier molecular flexibility index (Phi) is 5.86. The predicted octanol–water partition coefficient (Wildman–Crippen LogP) is 2.53. The fraction of sp³-hybridized carbons (Fsp3) is 0.667. The normalized spacial score (nSPS) is 24.1. The van der Waals surface area contributed by atoms with E-state index < -0.39 is 6.10 Å². The van der Waals surface area contributed by atoms with Gasteiger partial charge in [-0.1, -0.05) is 25.8 Å². The van der Waals surface area contributed by atoms with Gasteiger partial charge in [0.1, 0.15) is 0 Å². The van der Waals surface area contributed by atoms with E-state index in [4.69, 9.17) is 0 Å². The summed E-state index contributed by atoms with van der Waals surface area (Å²) in [6, 6.07) is 3.93. The van der Waals surface area contributed by atoms with Crippen molar-refractivity contribution in [3.05, 3.63) is 22.4 Å². The van der Waals surface area contributed by atoms with E-state index in [0.29, 0.717) is 12.5 Å². The van der Waals surface area contributed by atoms with E-state index >= 15 is 0 Å². The SMILES string of the molecule is C[C@H](CNC(=O)N[C@@H]1CCCC[C@@H]1O)Cc1cccs1. The van der Waals surface area contributed by atoms with Crippen LogP contribution in [-0.2, 0) is 6.42 Å². The Morgan fingerprint density at radius 3 is 3.00 bits per heavy atom. The third-order valence-electron chi connectivity index (χ3n) is 3.79. The molecule has 1 heterocycles. The van der Waals surface area contributed by atoms with Crippen LogP contribution < -0.4 is 10.6 Å². The first-order valence-corrected chi connectivity index (χ1v) is 8.28. The first-order valence-electron chi connectivity index (χ1n) is 7.40. The fourth-order valence-corrected chi connectivity index (χ4v) is 3.48. The molecule has 0 aromatic carbocycles. The highest BCUT2D eigenvalue weighted by Gasteiger charge is 2.24. The minimum absolute atomic E-state index is 0.0867. The lowest BCUT2D eigenvalue weighted by Gasteiger charge is -2.28. The molecule has 0 unspecified atom stereocenters. The zero-order chi connectivity index (χ0) is 14.4. The molecule has 0 aliphatic heterocycles. The number of urea groups is 1. The van der Waals surface area contributed by atoms with Crippen LogP contribution in [0.2, 0.25) is 0 Å². The molecule has 1 aliphatic rings. The molecule has 1 aromatic heterocycles. The maximum atomic E-state index is 11.8. The summed E-state index contributed by atoms with van der Waals surface area (Å²) in [5.74, 6) is 0.413. The molecule has 0 saturated heterocycles. The van der Waals surface area contributed by atoms with Crippen LogP contribution in [0.4, 0.5) is 4.79 Å². The maximum Gasteiger partial charge on any atom is 0.315 e. The summed E-state index contributed by atoms with van der Waals surface area (Å²) in [5.41, 5.74) is 0. The number of hydrogen-bond donors (Lipinski definition) is 3. The van der Waals surface area contributed by atoms with E-state index in [1.165, 1.54) is 4.88 Å². The van der Waals surface area contributed by atoms with E-state index in [0.717, 1.165) is 32.1 Å². The molecule has 1 fully saturated rings. The summed E-state index contributed by atoms with van der Waals surface area (Å²) in [6.07, 6.45) is 4.40. The molecule has 0 spiro atoms. The Hall–Kier alpha value is -1.07. The minimum Gasteiger partial charge on any atom is -0.391 e. The summed E-state index contributed by atoms with van der Waals surface area (Å²) in [5, 5.41) is 17.7. The number of carbonyl (C=O) groups excluding carboxylic acids is 1. The predicted molar refractivity (Wildman–Crippen MR) is 82.0 cm³/mol. The Balaban J connectivity index is 1.66. The quantitative estimate of drug-likeness (QED) is 0.782. The van der Waals surface area contributed by atoms with Crippen LogP contribution in [-0.4, -0.2) is 29.8 Å². The topological polar surface area (TPSA) is 61.4 Å². The third-order valence-corrected chi connectivity index (χ3v) is 4.69. The summed E-state index contributed by atoms with van der Waals surface area (Å²) in [7, 11) is 0. The van der Waals surface area contributed by atoms with Crippen LogP contribution in [0.3, 0.4) is 0 Å². The van der Waals surface area contributed by atoms with Crippen molar-refractivity contribution in [2.45, 2.75) is 51.2 Å². The van der Waals surface area contributed by atoms with Crippen molar-refractivity contribution in [2.75, 3.05) is 6.54 Å². The van der Waals surface area contributed by atoms with Crippen LogP contribution in [0.15, 0.2) is 17.5 Å². The van der Waals surface area contributed by atoms with Crippen LogP contribution in [0.25, 0.3) is 0 Å². The number of aliphatic hydroxyl groups excluding tert-OH is 1. The van der Waals surface area contributed by atoms with Crippen molar-refractivity contribution in [1.29, 1.82) is 0 Å². The van der Waals surface area contributed by atoms with Crippen molar-refractivity contribution >= 4 is 17.4 Å². The molecule has 0 bridgehead atoms. The summed E-state index contributed by atoms with van der Waals surface area (Å²) in [4.78, 5) is 13.2. The van der Waals surface area contributed by atoms with Gasteiger partial charge in [0.2, 0.25) is 0 Å². The van der Waals surface area contributed by atoms with Gasteiger partial charge in [-0.05, 0) is 36.6 Å². The third kappa shape index (κ3) is 4.80. The van der Waals surface area contributed by atoms with E-state index in [1.807, 2.05) is 0 Å². The van der Waals surface area contributed by atoms with Gasteiger partial charge in [0, 0.05) is 11.4 Å². The number of carbonyl (C=O) groups is 1. The number of thiophene rings is 1. The highest BCUT2D eigenvalue weighted by molar-refractivity contribution is 7.09. The average Bonchev–Trinajstić information content (AvgIpc) is 2.92. The first-order chi connectivity index (χ1) is 9.65. The summed E-state index contributed by atoms with van der Waals surface area (Å²) >= 11 is 1.75. The second kappa shape index (κ2) is 7.64. The van der Waals surface area contributed by atoms with Crippen molar-refractivity contribution in [2.24, 2.45) is 5.92 Å². The van der Waals surface area contributed by atoms with Crippen molar-refractivity contribution in [1.82, 2.24) is 10.6 Å². The largest absolute Gasteiger partial charge is 0.391 e. The van der Waals surface area contributed by atoms with Gasteiger partial charge in [0.25, 0.3) is 0 Å². The maximum absolute atomic E-state index is 11.8. The molecule has 4 nitrogen and oxygen atoms in total. The zero-order valence-electron chi connectivity index (χ0n) is 12.0. The average molecular weight is 296 g/mol. The van der Waals surface area contributed by atoms with Crippen molar-refractivity contribution in [3.63, 3.8) is 0 Å². The first kappa shape index (κ1) is 15.3. The van der Waals surface area contributed by atoms with Gasteiger partial charge in [-0.25, -0.2) is 4.79 Å². The second-order valence-corrected chi connectivity index (χ2v) is 6.73. The second-order valence-electron chi connectivity index (χ2n) is 5.70. The van der Waals surface area contributed by atoms with Gasteiger partial charge in [0.05, 0.1) is 12.1 Å². The van der Waals surface area contributed by atoms with Gasteiger partial charge < -0.3 is 15.7 Å². The summed E-state index contributed by atoms with van der Waals surface area (Å²) < 4.78 is 0. The van der Waals surface area contributed by atoms with Crippen LogP contribution in [0, 0.1) is 5.92 Å². The van der Waals surface area contributed by atoms with Crippen molar-refractivity contribution < 1.29 is 9.90 Å². The Morgan fingerprint density at radius 2 is 2.30 bits per heavy atom. The number of nitrogens with one attached hydrogen (secondary N) is 2. The zero-order valence-corrected chi connectivity index (χ0v) is 12.8. The van der Waals surface area contributed by atoms with Crippen LogP contribution in [0.1, 0.15) is 37.5 Å². The molecule has 2 rings (SSSR count). The lowest BCUT2D eigenvalue weighted by Crippen LogP contribution is -2.49. The molecule has 3 atom stereocenters. The molecule has 0 radical (unpaired) electrons. The van der Waals surface area contributed by atoms with E-state index in [9.17, 15) is 9.90 Å². The summed E-state index contributed by atoms with van der Waals surface area (Å²) in [6.45, 7) is 2.79. The standard InChI is InChI=1S/C15H24N2O2S/c1-11(9-12-5-4-8-20-12)10-16-15(19)17-13-6-2-3-7-14(13)18/h4-5,8,11,13-14,18H,2-3,6-7,9-10H2,1H3,(H2,16,17,19)/t11-,13+,14-/m0/s1. The highest BCUT2D eigenvalue weighted by Crippen LogP contribution is 2.18. The van der Waals surface area contributed by atoms with Gasteiger partial charge in [-0.15, -0.1) is 11.3 Å². The lowest BCUT2D eigenvalue weighted by molar-refractivity contribution is 0.0942. The fourth-order valence-electron chi connectivity index (χ4n) is 2.61. The van der Waals surface area contributed by atoms with Gasteiger partial charge in [-0.2, -0.15) is 0 Å². The monoisotopic (exact) mass is 296 g/mol. The molecule has 112 valence electrons. The van der Waals surface area contributed by atoms with Crippen LogP contribution in [0.5, 0.6) is 0 Å². The molecule has 20 heavy (non-hydrogen) atoms. The minimum atomic E-state index is -0.391. The Labute approximate surface area is 124 Å². The smallest absolute Gasteiger partial charge is 0.315 e. The molecule has 1 saturated carbocycles. The highest BCUT2D eigenvalue weighted by atomic mass is 32.1. The van der Waals surface area contributed by atoms with E-state index in [2.05, 4.69) is 35.1 Å². The molecule has 2 amide bonds. The van der Waals surface area contributed by atoms with Gasteiger partial charge in [-0.3, -0.25) is 0 Å². The number of aliphatic hydroxyl groups is 1. The van der Waals surface area contributed by atoms with Crippen molar-refractivity contribution in [3.8, 4) is 0 Å². The lowest BCUT2D eigenvalue weighted by atomic mass is 9.93. The molecular formula is C15H24N2O2S. The molecule has 3 N–H and O–H groups in total. The van der Waals surface area contributed by atoms with Gasteiger partial charge in [0.15, 0.2) is 0 Å². The van der Waals surface area contributed by atoms with E-state index in [-0.39, 0.29) is 12.1 Å². The molecule has 1 aromatic rings. The van der Waals surface area contributed by atoms with Gasteiger partial charge >= 0.3 is 6.03 Å². The number of amides is 2. The van der Waals surface area contributed by atoms with Crippen LogP contribution >= 0.6 is 11.3 Å².